The van der Waals surface area contributed by atoms with Crippen LogP contribution in [0.25, 0.3) is 0 Å². The van der Waals surface area contributed by atoms with Crippen molar-refractivity contribution in [3.63, 3.8) is 0 Å². The third-order valence-corrected chi connectivity index (χ3v) is 6.12. The molecule has 0 atom stereocenters. The Morgan fingerprint density at radius 2 is 2.00 bits per heavy atom. The molecule has 6 heteroatoms. The zero-order valence-electron chi connectivity index (χ0n) is 10.8. The summed E-state index contributed by atoms with van der Waals surface area (Å²) in [6.45, 7) is 1.70. The van der Waals surface area contributed by atoms with E-state index in [2.05, 4.69) is 20.7 Å². The summed E-state index contributed by atoms with van der Waals surface area (Å²) in [5.41, 5.74) is 0.187. The van der Waals surface area contributed by atoms with Crippen LogP contribution in [0, 0.1) is 6.92 Å². The fourth-order valence-corrected chi connectivity index (χ4v) is 4.25. The van der Waals surface area contributed by atoms with E-state index in [0.29, 0.717) is 12.8 Å². The van der Waals surface area contributed by atoms with Gasteiger partial charge in [0.2, 0.25) is 10.0 Å². The fraction of sp³-hybridized carbons (Fsp3) is 0.538. The highest BCUT2D eigenvalue weighted by atomic mass is 79.9. The lowest BCUT2D eigenvalue weighted by molar-refractivity contribution is 0.185. The van der Waals surface area contributed by atoms with Crippen LogP contribution < -0.4 is 4.72 Å². The normalized spacial score (nSPS) is 18.7. The largest absolute Gasteiger partial charge is 0.394 e. The average Bonchev–Trinajstić information content (AvgIpc) is 2.81. The Kier molecular flexibility index (Phi) is 4.35. The standard InChI is InChI=1S/C13H18BrNO3S/c1-10-8-11(4-5-12(10)14)19(17,18)15-13(9-16)6-2-3-7-13/h4-5,8,15-16H,2-3,6-7,9H2,1H3. The summed E-state index contributed by atoms with van der Waals surface area (Å²) in [5.74, 6) is 0. The molecular weight excluding hydrogens is 330 g/mol. The van der Waals surface area contributed by atoms with E-state index in [9.17, 15) is 13.5 Å². The maximum atomic E-state index is 12.4. The van der Waals surface area contributed by atoms with Crippen LogP contribution in [0.1, 0.15) is 31.2 Å². The molecule has 0 amide bonds. The molecule has 106 valence electrons. The molecule has 0 spiro atoms. The van der Waals surface area contributed by atoms with Crippen molar-refractivity contribution >= 4 is 26.0 Å². The van der Waals surface area contributed by atoms with Gasteiger partial charge in [-0.05, 0) is 43.5 Å². The van der Waals surface area contributed by atoms with Crippen LogP contribution in [-0.4, -0.2) is 25.7 Å². The summed E-state index contributed by atoms with van der Waals surface area (Å²) in [5, 5.41) is 9.49. The van der Waals surface area contributed by atoms with Gasteiger partial charge in [0, 0.05) is 4.47 Å². The molecule has 0 radical (unpaired) electrons. The zero-order chi connectivity index (χ0) is 14.1. The fourth-order valence-electron chi connectivity index (χ4n) is 2.47. The van der Waals surface area contributed by atoms with Gasteiger partial charge in [-0.15, -0.1) is 0 Å². The summed E-state index contributed by atoms with van der Waals surface area (Å²) >= 11 is 3.35. The SMILES string of the molecule is Cc1cc(S(=O)(=O)NC2(CO)CCCC2)ccc1Br. The lowest BCUT2D eigenvalue weighted by Gasteiger charge is -2.27. The molecule has 1 aliphatic rings. The van der Waals surface area contributed by atoms with Crippen molar-refractivity contribution in [1.82, 2.24) is 4.72 Å². The number of aryl methyl sites for hydroxylation is 1. The Morgan fingerprint density at radius 1 is 1.37 bits per heavy atom. The molecule has 0 heterocycles. The molecular formula is C13H18BrNO3S. The van der Waals surface area contributed by atoms with Gasteiger partial charge in [-0.1, -0.05) is 28.8 Å². The maximum Gasteiger partial charge on any atom is 0.241 e. The highest BCUT2D eigenvalue weighted by Gasteiger charge is 2.37. The van der Waals surface area contributed by atoms with Crippen LogP contribution in [-0.2, 0) is 10.0 Å². The predicted octanol–water partition coefficient (Wildman–Crippen LogP) is 2.34. The molecule has 1 saturated carbocycles. The highest BCUT2D eigenvalue weighted by Crippen LogP contribution is 2.31. The minimum Gasteiger partial charge on any atom is -0.394 e. The van der Waals surface area contributed by atoms with E-state index in [1.807, 2.05) is 6.92 Å². The van der Waals surface area contributed by atoms with Crippen molar-refractivity contribution < 1.29 is 13.5 Å². The zero-order valence-corrected chi connectivity index (χ0v) is 13.2. The summed E-state index contributed by atoms with van der Waals surface area (Å²) in [6.07, 6.45) is 3.28. The first kappa shape index (κ1) is 15.0. The number of sulfonamides is 1. The number of halogens is 1. The first-order valence-electron chi connectivity index (χ1n) is 6.30. The van der Waals surface area contributed by atoms with Crippen molar-refractivity contribution in [3.05, 3.63) is 28.2 Å². The number of rotatable bonds is 4. The monoisotopic (exact) mass is 347 g/mol. The second kappa shape index (κ2) is 5.52. The molecule has 2 rings (SSSR count). The first-order valence-corrected chi connectivity index (χ1v) is 8.57. The van der Waals surface area contributed by atoms with E-state index < -0.39 is 15.6 Å². The van der Waals surface area contributed by atoms with Gasteiger partial charge in [0.15, 0.2) is 0 Å². The quantitative estimate of drug-likeness (QED) is 0.878. The first-order chi connectivity index (χ1) is 8.88. The molecule has 1 aliphatic carbocycles. The van der Waals surface area contributed by atoms with Crippen molar-refractivity contribution in [1.29, 1.82) is 0 Å². The van der Waals surface area contributed by atoms with Gasteiger partial charge in [-0.3, -0.25) is 0 Å². The summed E-state index contributed by atoms with van der Waals surface area (Å²) in [6, 6.07) is 4.93. The molecule has 0 aliphatic heterocycles. The number of aliphatic hydroxyl groups excluding tert-OH is 1. The van der Waals surface area contributed by atoms with Crippen LogP contribution in [0.3, 0.4) is 0 Å². The van der Waals surface area contributed by atoms with Crippen LogP contribution in [0.2, 0.25) is 0 Å². The average molecular weight is 348 g/mol. The number of nitrogens with one attached hydrogen (secondary N) is 1. The molecule has 1 aromatic rings. The number of hydrogen-bond donors (Lipinski definition) is 2. The predicted molar refractivity (Wildman–Crippen MR) is 77.5 cm³/mol. The lowest BCUT2D eigenvalue weighted by atomic mass is 10.0. The van der Waals surface area contributed by atoms with Crippen molar-refractivity contribution in [2.24, 2.45) is 0 Å². The number of hydrogen-bond acceptors (Lipinski definition) is 3. The van der Waals surface area contributed by atoms with E-state index in [-0.39, 0.29) is 11.5 Å². The van der Waals surface area contributed by atoms with Crippen molar-refractivity contribution in [3.8, 4) is 0 Å². The highest BCUT2D eigenvalue weighted by molar-refractivity contribution is 9.10. The van der Waals surface area contributed by atoms with Crippen LogP contribution in [0.4, 0.5) is 0 Å². The van der Waals surface area contributed by atoms with Crippen molar-refractivity contribution in [2.75, 3.05) is 6.61 Å². The van der Waals surface area contributed by atoms with Gasteiger partial charge >= 0.3 is 0 Å². The Bertz CT molecular complexity index is 565. The van der Waals surface area contributed by atoms with Gasteiger partial charge < -0.3 is 5.11 Å². The Morgan fingerprint density at radius 3 is 2.53 bits per heavy atom. The third-order valence-electron chi connectivity index (χ3n) is 3.65. The van der Waals surface area contributed by atoms with Crippen molar-refractivity contribution in [2.45, 2.75) is 43.0 Å². The third kappa shape index (κ3) is 3.18. The van der Waals surface area contributed by atoms with E-state index in [4.69, 9.17) is 0 Å². The minimum absolute atomic E-state index is 0.151. The molecule has 4 nitrogen and oxygen atoms in total. The molecule has 0 unspecified atom stereocenters. The minimum atomic E-state index is -3.58. The van der Waals surface area contributed by atoms with Crippen LogP contribution >= 0.6 is 15.9 Å². The summed E-state index contributed by atoms with van der Waals surface area (Å²) in [4.78, 5) is 0.243. The van der Waals surface area contributed by atoms with Gasteiger partial charge in [0.05, 0.1) is 17.0 Å². The molecule has 19 heavy (non-hydrogen) atoms. The van der Waals surface area contributed by atoms with Gasteiger partial charge in [0.1, 0.15) is 0 Å². The Hall–Kier alpha value is -0.430. The van der Waals surface area contributed by atoms with Gasteiger partial charge in [-0.2, -0.15) is 0 Å². The number of aliphatic hydroxyl groups is 1. The topological polar surface area (TPSA) is 66.4 Å². The summed E-state index contributed by atoms with van der Waals surface area (Å²) < 4.78 is 28.3. The smallest absolute Gasteiger partial charge is 0.241 e. The lowest BCUT2D eigenvalue weighted by Crippen LogP contribution is -2.49. The van der Waals surface area contributed by atoms with E-state index >= 15 is 0 Å². The van der Waals surface area contributed by atoms with E-state index in [1.54, 1.807) is 18.2 Å². The Labute approximate surface area is 122 Å². The molecule has 0 aromatic heterocycles. The van der Waals surface area contributed by atoms with Gasteiger partial charge in [-0.25, -0.2) is 13.1 Å². The molecule has 0 saturated heterocycles. The van der Waals surface area contributed by atoms with E-state index in [1.165, 1.54) is 0 Å². The number of benzene rings is 1. The molecule has 0 bridgehead atoms. The van der Waals surface area contributed by atoms with E-state index in [0.717, 1.165) is 22.9 Å². The van der Waals surface area contributed by atoms with Gasteiger partial charge in [0.25, 0.3) is 0 Å². The maximum absolute atomic E-state index is 12.4. The molecule has 2 N–H and O–H groups in total. The second-order valence-electron chi connectivity index (χ2n) is 5.16. The summed E-state index contributed by atoms with van der Waals surface area (Å²) in [7, 11) is -3.58. The second-order valence-corrected chi connectivity index (χ2v) is 7.70. The molecule has 1 fully saturated rings. The Balaban J connectivity index is 2.29. The van der Waals surface area contributed by atoms with Crippen LogP contribution in [0.15, 0.2) is 27.6 Å². The van der Waals surface area contributed by atoms with Crippen LogP contribution in [0.5, 0.6) is 0 Å². The molecule has 1 aromatic carbocycles.